The van der Waals surface area contributed by atoms with Crippen LogP contribution in [0.3, 0.4) is 0 Å². The molecule has 23 heavy (non-hydrogen) atoms. The number of hydrogen-bond acceptors (Lipinski definition) is 3. The highest BCUT2D eigenvalue weighted by Gasteiger charge is 2.19. The first-order valence-electron chi connectivity index (χ1n) is 7.15. The quantitative estimate of drug-likeness (QED) is 0.753. The molecule has 3 N–H and O–H groups in total. The fourth-order valence-electron chi connectivity index (χ4n) is 2.40. The molecule has 0 bridgehead atoms. The largest absolute Gasteiger partial charge is 0.478 e. The molecular weight excluding hydrogens is 296 g/mol. The van der Waals surface area contributed by atoms with Gasteiger partial charge in [-0.15, -0.1) is 0 Å². The lowest BCUT2D eigenvalue weighted by Crippen LogP contribution is -2.33. The molecule has 2 heterocycles. The van der Waals surface area contributed by atoms with Gasteiger partial charge < -0.3 is 20.1 Å². The highest BCUT2D eigenvalue weighted by Crippen LogP contribution is 2.24. The number of nitrogens with zero attached hydrogens (tertiary/aromatic N) is 1. The molecule has 0 fully saturated rings. The van der Waals surface area contributed by atoms with Crippen molar-refractivity contribution >= 4 is 11.9 Å². The lowest BCUT2D eigenvalue weighted by atomic mass is 10.0. The molecule has 0 radical (unpaired) electrons. The Kier molecular flexibility index (Phi) is 5.71. The van der Waals surface area contributed by atoms with E-state index in [9.17, 15) is 9.59 Å². The summed E-state index contributed by atoms with van der Waals surface area (Å²) in [5.41, 5.74) is 2.71. The van der Waals surface area contributed by atoms with Gasteiger partial charge in [-0.2, -0.15) is 0 Å². The molecule has 120 valence electrons. The summed E-state index contributed by atoms with van der Waals surface area (Å²) in [5, 5.41) is 19.2. The van der Waals surface area contributed by atoms with Gasteiger partial charge in [-0.25, -0.2) is 9.59 Å². The molecule has 0 saturated heterocycles. The third-order valence-electron chi connectivity index (χ3n) is 3.36. The van der Waals surface area contributed by atoms with E-state index in [2.05, 4.69) is 58.5 Å². The summed E-state index contributed by atoms with van der Waals surface area (Å²) >= 11 is 0. The number of aliphatic carboxylic acids is 2. The summed E-state index contributed by atoms with van der Waals surface area (Å²) in [6.07, 6.45) is 3.27. The van der Waals surface area contributed by atoms with E-state index < -0.39 is 11.9 Å². The predicted molar refractivity (Wildman–Crippen MR) is 85.1 cm³/mol. The van der Waals surface area contributed by atoms with Crippen LogP contribution in [0.25, 0.3) is 0 Å². The molecule has 0 amide bonds. The van der Waals surface area contributed by atoms with E-state index in [0.29, 0.717) is 18.2 Å². The minimum Gasteiger partial charge on any atom is -0.478 e. The zero-order chi connectivity index (χ0) is 16.7. The average Bonchev–Trinajstić information content (AvgIpc) is 3.03. The number of aromatic nitrogens is 1. The Labute approximate surface area is 133 Å². The van der Waals surface area contributed by atoms with E-state index in [1.807, 2.05) is 0 Å². The molecule has 1 aliphatic heterocycles. The average molecular weight is 314 g/mol. The molecule has 1 atom stereocenters. The molecule has 1 aromatic carbocycles. The van der Waals surface area contributed by atoms with Gasteiger partial charge in [0.15, 0.2) is 0 Å². The molecule has 2 aromatic rings. The maximum atomic E-state index is 9.55. The second-order valence-electron chi connectivity index (χ2n) is 4.93. The van der Waals surface area contributed by atoms with Crippen molar-refractivity contribution in [2.45, 2.75) is 12.6 Å². The van der Waals surface area contributed by atoms with E-state index in [-0.39, 0.29) is 0 Å². The molecule has 1 unspecified atom stereocenters. The summed E-state index contributed by atoms with van der Waals surface area (Å²) in [6.45, 7) is 2.12. The van der Waals surface area contributed by atoms with Gasteiger partial charge in [0, 0.05) is 37.1 Å². The van der Waals surface area contributed by atoms with Crippen molar-refractivity contribution < 1.29 is 19.8 Å². The van der Waals surface area contributed by atoms with Crippen LogP contribution in [0.2, 0.25) is 0 Å². The van der Waals surface area contributed by atoms with Crippen molar-refractivity contribution in [1.29, 1.82) is 0 Å². The summed E-state index contributed by atoms with van der Waals surface area (Å²) < 4.78 is 2.33. The molecule has 3 rings (SSSR count). The summed E-state index contributed by atoms with van der Waals surface area (Å²) in [4.78, 5) is 19.1. The number of carboxylic acids is 2. The van der Waals surface area contributed by atoms with Gasteiger partial charge in [-0.3, -0.25) is 0 Å². The minimum atomic E-state index is -1.26. The maximum absolute atomic E-state index is 9.55. The third-order valence-corrected chi connectivity index (χ3v) is 3.36. The molecule has 6 nitrogen and oxygen atoms in total. The van der Waals surface area contributed by atoms with Crippen LogP contribution in [0.4, 0.5) is 0 Å². The Morgan fingerprint density at radius 3 is 2.30 bits per heavy atom. The first-order valence-corrected chi connectivity index (χ1v) is 7.15. The highest BCUT2D eigenvalue weighted by atomic mass is 16.4. The van der Waals surface area contributed by atoms with Crippen molar-refractivity contribution in [2.75, 3.05) is 6.54 Å². The van der Waals surface area contributed by atoms with Crippen LogP contribution in [-0.4, -0.2) is 33.3 Å². The number of benzene rings is 1. The van der Waals surface area contributed by atoms with Crippen LogP contribution in [0.15, 0.2) is 60.8 Å². The second-order valence-corrected chi connectivity index (χ2v) is 4.93. The highest BCUT2D eigenvalue weighted by molar-refractivity contribution is 5.89. The Hall–Kier alpha value is -2.86. The Bertz CT molecular complexity index is 676. The summed E-state index contributed by atoms with van der Waals surface area (Å²) in [5.74, 6) is -2.51. The summed E-state index contributed by atoms with van der Waals surface area (Å²) in [7, 11) is 0. The smallest absolute Gasteiger partial charge is 0.328 e. The lowest BCUT2D eigenvalue weighted by Gasteiger charge is -2.26. The van der Waals surface area contributed by atoms with Crippen LogP contribution in [-0.2, 0) is 16.1 Å². The first-order chi connectivity index (χ1) is 11.1. The Morgan fingerprint density at radius 1 is 1.04 bits per heavy atom. The molecule has 0 saturated carbocycles. The van der Waals surface area contributed by atoms with E-state index in [4.69, 9.17) is 10.2 Å². The number of rotatable bonds is 3. The molecule has 1 aliphatic rings. The van der Waals surface area contributed by atoms with Gasteiger partial charge in [0.1, 0.15) is 0 Å². The van der Waals surface area contributed by atoms with Crippen molar-refractivity contribution in [3.8, 4) is 0 Å². The SMILES string of the molecule is O=C(O)/C=C\C(=O)O.c1ccc(C2NCCn3cccc32)cc1. The number of carbonyl (C=O) groups is 2. The zero-order valence-electron chi connectivity index (χ0n) is 12.4. The fraction of sp³-hybridized carbons (Fsp3) is 0.176. The van der Waals surface area contributed by atoms with Gasteiger partial charge in [0.05, 0.1) is 6.04 Å². The molecule has 6 heteroatoms. The third kappa shape index (κ3) is 4.82. The lowest BCUT2D eigenvalue weighted by molar-refractivity contribution is -0.134. The van der Waals surface area contributed by atoms with Gasteiger partial charge in [-0.1, -0.05) is 30.3 Å². The topological polar surface area (TPSA) is 91.6 Å². The Balaban J connectivity index is 0.000000207. The van der Waals surface area contributed by atoms with Crippen LogP contribution < -0.4 is 5.32 Å². The van der Waals surface area contributed by atoms with Crippen LogP contribution in [0.5, 0.6) is 0 Å². The van der Waals surface area contributed by atoms with Crippen LogP contribution >= 0.6 is 0 Å². The van der Waals surface area contributed by atoms with E-state index in [1.165, 1.54) is 11.3 Å². The molecular formula is C17H18N2O4. The van der Waals surface area contributed by atoms with E-state index in [0.717, 1.165) is 13.1 Å². The number of hydrogen-bond donors (Lipinski definition) is 3. The van der Waals surface area contributed by atoms with Crippen molar-refractivity contribution in [3.05, 3.63) is 72.1 Å². The van der Waals surface area contributed by atoms with Crippen molar-refractivity contribution in [2.24, 2.45) is 0 Å². The normalized spacial score (nSPS) is 16.3. The number of nitrogens with one attached hydrogen (secondary N) is 1. The van der Waals surface area contributed by atoms with E-state index >= 15 is 0 Å². The zero-order valence-corrected chi connectivity index (χ0v) is 12.4. The second kappa shape index (κ2) is 7.95. The molecule has 0 spiro atoms. The van der Waals surface area contributed by atoms with Crippen LogP contribution in [0, 0.1) is 0 Å². The minimum absolute atomic E-state index is 0.356. The predicted octanol–water partition coefficient (Wildman–Crippen LogP) is 1.89. The van der Waals surface area contributed by atoms with Gasteiger partial charge >= 0.3 is 11.9 Å². The molecule has 0 aliphatic carbocycles. The maximum Gasteiger partial charge on any atom is 0.328 e. The molecule has 1 aromatic heterocycles. The number of carboxylic acid groups (broad SMARTS) is 2. The Morgan fingerprint density at radius 2 is 1.70 bits per heavy atom. The first kappa shape index (κ1) is 16.5. The van der Waals surface area contributed by atoms with Crippen LogP contribution in [0.1, 0.15) is 17.3 Å². The van der Waals surface area contributed by atoms with Gasteiger partial charge in [-0.05, 0) is 17.7 Å². The summed E-state index contributed by atoms with van der Waals surface area (Å²) in [6, 6.07) is 15.3. The number of fused-ring (bicyclic) bond motifs is 1. The standard InChI is InChI=1S/C13H14N2.C4H4O4/c1-2-5-11(6-3-1)13-12-7-4-9-15(12)10-8-14-13;5-3(6)1-2-4(7)8/h1-7,9,13-14H,8,10H2;1-2H,(H,5,6)(H,7,8)/b;2-1-. The van der Waals surface area contributed by atoms with Crippen molar-refractivity contribution in [1.82, 2.24) is 9.88 Å². The van der Waals surface area contributed by atoms with Gasteiger partial charge in [0.25, 0.3) is 0 Å². The monoisotopic (exact) mass is 314 g/mol. The van der Waals surface area contributed by atoms with Crippen molar-refractivity contribution in [3.63, 3.8) is 0 Å². The van der Waals surface area contributed by atoms with Gasteiger partial charge in [0.2, 0.25) is 0 Å². The fourth-order valence-corrected chi connectivity index (χ4v) is 2.40. The van der Waals surface area contributed by atoms with E-state index in [1.54, 1.807) is 0 Å².